The molecular formula is C25H21NO12. The summed E-state index contributed by atoms with van der Waals surface area (Å²) >= 11 is 0. The first-order valence-corrected chi connectivity index (χ1v) is 11.0. The van der Waals surface area contributed by atoms with E-state index in [0.29, 0.717) is 0 Å². The second-order valence-electron chi connectivity index (χ2n) is 7.96. The third-order valence-electron chi connectivity index (χ3n) is 5.63. The number of aromatic amines is 1. The van der Waals surface area contributed by atoms with E-state index in [1.54, 1.807) is 0 Å². The van der Waals surface area contributed by atoms with Crippen molar-refractivity contribution in [1.82, 2.24) is 4.98 Å². The van der Waals surface area contributed by atoms with Crippen LogP contribution in [0.5, 0.6) is 23.0 Å². The Kier molecular flexibility index (Phi) is 7.21. The molecule has 0 spiro atoms. The Labute approximate surface area is 212 Å². The summed E-state index contributed by atoms with van der Waals surface area (Å²) in [6.45, 7) is -0.424. The van der Waals surface area contributed by atoms with Gasteiger partial charge in [-0.2, -0.15) is 0 Å². The Morgan fingerprint density at radius 2 is 1.66 bits per heavy atom. The van der Waals surface area contributed by atoms with Crippen LogP contribution in [-0.2, 0) is 19.0 Å². The summed E-state index contributed by atoms with van der Waals surface area (Å²) in [5.74, 6) is -4.37. The van der Waals surface area contributed by atoms with E-state index in [4.69, 9.17) is 13.9 Å². The quantitative estimate of drug-likeness (QED) is 0.126. The highest BCUT2D eigenvalue weighted by Crippen LogP contribution is 2.36. The Balaban J connectivity index is 1.72. The number of methoxy groups -OCH3 is 1. The number of benzene rings is 2. The summed E-state index contributed by atoms with van der Waals surface area (Å²) in [6.07, 6.45) is 2.12. The number of nitrogens with one attached hydrogen (secondary N) is 1. The van der Waals surface area contributed by atoms with Crippen molar-refractivity contribution in [3.63, 3.8) is 0 Å². The van der Waals surface area contributed by atoms with Gasteiger partial charge in [0.05, 0.1) is 54.2 Å². The molecule has 2 aromatic heterocycles. The summed E-state index contributed by atoms with van der Waals surface area (Å²) in [4.78, 5) is 53.2. The first kappa shape index (κ1) is 26.0. The molecule has 0 radical (unpaired) electrons. The molecule has 0 bridgehead atoms. The molecule has 4 rings (SSSR count). The van der Waals surface area contributed by atoms with Gasteiger partial charge < -0.3 is 44.0 Å². The number of esters is 2. The van der Waals surface area contributed by atoms with Crippen LogP contribution in [0.1, 0.15) is 16.8 Å². The SMILES string of the molecule is COC(=O)CCOCCOC(=O)c1c(O)c(O)cc2occ(-c3c[nH]c4cc(O)c(O)cc4c3=O)c(=O)c12. The molecule has 38 heavy (non-hydrogen) atoms. The van der Waals surface area contributed by atoms with Crippen molar-refractivity contribution in [1.29, 1.82) is 0 Å². The summed E-state index contributed by atoms with van der Waals surface area (Å²) < 4.78 is 20.1. The van der Waals surface area contributed by atoms with Crippen LogP contribution in [0.15, 0.2) is 44.7 Å². The van der Waals surface area contributed by atoms with Crippen LogP contribution in [0.3, 0.4) is 0 Å². The van der Waals surface area contributed by atoms with Crippen molar-refractivity contribution in [3.8, 4) is 34.1 Å². The van der Waals surface area contributed by atoms with Gasteiger partial charge in [-0.05, 0) is 6.07 Å². The number of aromatic nitrogens is 1. The van der Waals surface area contributed by atoms with Crippen LogP contribution >= 0.6 is 0 Å². The molecule has 0 atom stereocenters. The van der Waals surface area contributed by atoms with Crippen LogP contribution in [0, 0.1) is 0 Å². The van der Waals surface area contributed by atoms with Crippen LogP contribution in [0.2, 0.25) is 0 Å². The molecule has 13 nitrogen and oxygen atoms in total. The number of carbonyl (C=O) groups excluding carboxylic acids is 2. The number of rotatable bonds is 8. The summed E-state index contributed by atoms with van der Waals surface area (Å²) in [6, 6.07) is 3.08. The number of carbonyl (C=O) groups is 2. The largest absolute Gasteiger partial charge is 0.504 e. The average Bonchev–Trinajstić information content (AvgIpc) is 2.89. The molecule has 0 aliphatic heterocycles. The predicted octanol–water partition coefficient (Wildman–Crippen LogP) is 1.86. The summed E-state index contributed by atoms with van der Waals surface area (Å²) in [7, 11) is 1.23. The Hall–Kier alpha value is -5.04. The van der Waals surface area contributed by atoms with E-state index in [1.807, 2.05) is 0 Å². The van der Waals surface area contributed by atoms with Gasteiger partial charge in [0.1, 0.15) is 24.0 Å². The minimum absolute atomic E-state index is 0.00910. The van der Waals surface area contributed by atoms with Gasteiger partial charge in [0.2, 0.25) is 5.43 Å². The lowest BCUT2D eigenvalue weighted by Crippen LogP contribution is -2.17. The number of phenols is 4. The van der Waals surface area contributed by atoms with E-state index >= 15 is 0 Å². The molecule has 2 heterocycles. The fraction of sp³-hybridized carbons (Fsp3) is 0.200. The monoisotopic (exact) mass is 527 g/mol. The highest BCUT2D eigenvalue weighted by atomic mass is 16.6. The van der Waals surface area contributed by atoms with Gasteiger partial charge in [0, 0.05) is 18.3 Å². The van der Waals surface area contributed by atoms with Gasteiger partial charge in [-0.1, -0.05) is 0 Å². The minimum Gasteiger partial charge on any atom is -0.504 e. The Morgan fingerprint density at radius 1 is 0.921 bits per heavy atom. The van der Waals surface area contributed by atoms with Crippen molar-refractivity contribution in [2.75, 3.05) is 26.9 Å². The van der Waals surface area contributed by atoms with E-state index < -0.39 is 56.7 Å². The zero-order valence-corrected chi connectivity index (χ0v) is 19.8. The third-order valence-corrected chi connectivity index (χ3v) is 5.63. The van der Waals surface area contributed by atoms with Gasteiger partial charge in [0.15, 0.2) is 28.4 Å². The maximum Gasteiger partial charge on any atom is 0.343 e. The Morgan fingerprint density at radius 3 is 2.39 bits per heavy atom. The van der Waals surface area contributed by atoms with Crippen molar-refractivity contribution >= 4 is 33.8 Å². The molecule has 13 heteroatoms. The summed E-state index contributed by atoms with van der Waals surface area (Å²) in [5, 5.41) is 39.4. The maximum absolute atomic E-state index is 13.5. The van der Waals surface area contributed by atoms with Crippen LogP contribution in [-0.4, -0.2) is 64.3 Å². The molecule has 0 unspecified atom stereocenters. The van der Waals surface area contributed by atoms with E-state index in [2.05, 4.69) is 9.72 Å². The number of H-pyrrole nitrogens is 1. The molecule has 0 amide bonds. The lowest BCUT2D eigenvalue weighted by atomic mass is 10.0. The first-order chi connectivity index (χ1) is 18.1. The van der Waals surface area contributed by atoms with Gasteiger partial charge in [-0.3, -0.25) is 14.4 Å². The van der Waals surface area contributed by atoms with Crippen LogP contribution in [0.4, 0.5) is 0 Å². The van der Waals surface area contributed by atoms with Gasteiger partial charge in [-0.25, -0.2) is 4.79 Å². The van der Waals surface area contributed by atoms with E-state index in [-0.39, 0.29) is 53.9 Å². The van der Waals surface area contributed by atoms with Crippen LogP contribution in [0.25, 0.3) is 33.0 Å². The predicted molar refractivity (Wildman–Crippen MR) is 130 cm³/mol. The number of hydrogen-bond acceptors (Lipinski definition) is 12. The Bertz CT molecular complexity index is 1680. The van der Waals surface area contributed by atoms with Crippen molar-refractivity contribution in [2.24, 2.45) is 0 Å². The normalized spacial score (nSPS) is 11.1. The fourth-order valence-corrected chi connectivity index (χ4v) is 3.72. The van der Waals surface area contributed by atoms with Gasteiger partial charge in [-0.15, -0.1) is 0 Å². The molecule has 4 aromatic rings. The topological polar surface area (TPSA) is 206 Å². The molecule has 0 saturated carbocycles. The van der Waals surface area contributed by atoms with E-state index in [9.17, 15) is 39.6 Å². The number of pyridine rings is 1. The fourth-order valence-electron chi connectivity index (χ4n) is 3.72. The maximum atomic E-state index is 13.5. The van der Waals surface area contributed by atoms with Crippen molar-refractivity contribution in [3.05, 3.63) is 56.7 Å². The number of fused-ring (bicyclic) bond motifs is 2. The van der Waals surface area contributed by atoms with Crippen LogP contribution < -0.4 is 10.9 Å². The lowest BCUT2D eigenvalue weighted by molar-refractivity contribution is -0.141. The van der Waals surface area contributed by atoms with Crippen molar-refractivity contribution < 1.29 is 48.6 Å². The average molecular weight is 527 g/mol. The number of ether oxygens (including phenoxy) is 3. The second kappa shape index (κ2) is 10.5. The molecule has 5 N–H and O–H groups in total. The first-order valence-electron chi connectivity index (χ1n) is 11.0. The molecule has 0 aliphatic rings. The zero-order chi connectivity index (χ0) is 27.6. The summed E-state index contributed by atoms with van der Waals surface area (Å²) in [5.41, 5.74) is -2.85. The number of hydrogen-bond donors (Lipinski definition) is 5. The third kappa shape index (κ3) is 4.82. The highest BCUT2D eigenvalue weighted by molar-refractivity contribution is 6.07. The number of aromatic hydroxyl groups is 4. The minimum atomic E-state index is -1.18. The van der Waals surface area contributed by atoms with E-state index in [1.165, 1.54) is 13.3 Å². The molecule has 0 saturated heterocycles. The van der Waals surface area contributed by atoms with E-state index in [0.717, 1.165) is 24.5 Å². The molecule has 0 aliphatic carbocycles. The molecule has 2 aromatic carbocycles. The lowest BCUT2D eigenvalue weighted by Gasteiger charge is -2.11. The molecular weight excluding hydrogens is 506 g/mol. The van der Waals surface area contributed by atoms with Crippen molar-refractivity contribution in [2.45, 2.75) is 6.42 Å². The standard InChI is InChI=1S/C25H21NO12/c1-35-19(30)2-3-36-4-5-37-25(34)21-20-18(8-17(29)24(21)33)38-10-13(23(20)32)12-9-26-14-7-16(28)15(27)6-11(14)22(12)31/h6-10,27-29,33H,2-5H2,1H3,(H,26,31). The molecule has 198 valence electrons. The van der Waals surface area contributed by atoms with Gasteiger partial charge >= 0.3 is 11.9 Å². The number of phenolic OH excluding ortho intramolecular Hbond substituents is 4. The van der Waals surface area contributed by atoms with Gasteiger partial charge in [0.25, 0.3) is 0 Å². The zero-order valence-electron chi connectivity index (χ0n) is 19.8. The highest BCUT2D eigenvalue weighted by Gasteiger charge is 2.26. The second-order valence-corrected chi connectivity index (χ2v) is 7.96. The molecule has 0 fully saturated rings. The smallest absolute Gasteiger partial charge is 0.343 e.